The number of benzene rings is 1. The number of fused-ring (bicyclic) bond motifs is 1. The smallest absolute Gasteiger partial charge is 0.242 e. The monoisotopic (exact) mass is 384 g/mol. The molecule has 3 heterocycles. The van der Waals surface area contributed by atoms with Gasteiger partial charge in [-0.3, -0.25) is 19.7 Å². The lowest BCUT2D eigenvalue weighted by atomic mass is 9.97. The molecule has 0 aliphatic carbocycles. The second kappa shape index (κ2) is 7.74. The average Bonchev–Trinajstić information content (AvgIpc) is 3.28. The molecule has 1 aromatic carbocycles. The standard InChI is InChI=1S/C19H24N6OS/c1-3-25(19-21-15-8-4-5-9-16(15)27-19)17(26)12-24-10-6-7-14(11-24)18-20-13(2)22-23-18/h4-5,8-9,14H,3,6-7,10-12H2,1-2H3,(H,20,22,23). The fourth-order valence-electron chi connectivity index (χ4n) is 3.62. The van der Waals surface area contributed by atoms with Crippen molar-refractivity contribution in [3.05, 3.63) is 35.9 Å². The summed E-state index contributed by atoms with van der Waals surface area (Å²) in [6, 6.07) is 8.01. The van der Waals surface area contributed by atoms with Crippen LogP contribution < -0.4 is 4.90 Å². The number of para-hydroxylation sites is 1. The van der Waals surface area contributed by atoms with Gasteiger partial charge in [-0.05, 0) is 45.4 Å². The molecule has 1 saturated heterocycles. The van der Waals surface area contributed by atoms with Crippen molar-refractivity contribution in [3.8, 4) is 0 Å². The third kappa shape index (κ3) is 3.86. The van der Waals surface area contributed by atoms with Crippen LogP contribution in [0.15, 0.2) is 24.3 Å². The normalized spacial score (nSPS) is 18.1. The Hall–Kier alpha value is -2.32. The van der Waals surface area contributed by atoms with E-state index in [2.05, 4.69) is 25.1 Å². The summed E-state index contributed by atoms with van der Waals surface area (Å²) in [5.74, 6) is 2.09. The number of piperidine rings is 1. The van der Waals surface area contributed by atoms with Crippen LogP contribution in [-0.2, 0) is 4.79 Å². The van der Waals surface area contributed by atoms with Gasteiger partial charge in [0.1, 0.15) is 5.82 Å². The van der Waals surface area contributed by atoms with E-state index in [1.165, 1.54) is 0 Å². The number of aryl methyl sites for hydroxylation is 1. The largest absolute Gasteiger partial charge is 0.294 e. The van der Waals surface area contributed by atoms with Crippen molar-refractivity contribution in [1.82, 2.24) is 25.1 Å². The Morgan fingerprint density at radius 3 is 2.96 bits per heavy atom. The summed E-state index contributed by atoms with van der Waals surface area (Å²) < 4.78 is 1.11. The molecule has 27 heavy (non-hydrogen) atoms. The third-order valence-electron chi connectivity index (χ3n) is 4.97. The van der Waals surface area contributed by atoms with Crippen LogP contribution in [0.4, 0.5) is 5.13 Å². The first-order chi connectivity index (χ1) is 13.1. The van der Waals surface area contributed by atoms with Crippen molar-refractivity contribution in [2.24, 2.45) is 0 Å². The Morgan fingerprint density at radius 1 is 1.37 bits per heavy atom. The molecule has 1 unspecified atom stereocenters. The minimum Gasteiger partial charge on any atom is -0.294 e. The lowest BCUT2D eigenvalue weighted by Crippen LogP contribution is -2.44. The summed E-state index contributed by atoms with van der Waals surface area (Å²) >= 11 is 1.57. The van der Waals surface area contributed by atoms with Crippen LogP contribution in [0.25, 0.3) is 10.2 Å². The van der Waals surface area contributed by atoms with Gasteiger partial charge in [0, 0.05) is 19.0 Å². The molecule has 3 aromatic rings. The number of anilines is 1. The van der Waals surface area contributed by atoms with E-state index >= 15 is 0 Å². The summed E-state index contributed by atoms with van der Waals surface area (Å²) in [4.78, 5) is 26.1. The topological polar surface area (TPSA) is 78.0 Å². The van der Waals surface area contributed by atoms with E-state index < -0.39 is 0 Å². The lowest BCUT2D eigenvalue weighted by molar-refractivity contribution is -0.120. The summed E-state index contributed by atoms with van der Waals surface area (Å²) in [5.41, 5.74) is 0.946. The van der Waals surface area contributed by atoms with Crippen molar-refractivity contribution in [2.75, 3.05) is 31.1 Å². The van der Waals surface area contributed by atoms with Gasteiger partial charge < -0.3 is 0 Å². The van der Waals surface area contributed by atoms with Crippen LogP contribution >= 0.6 is 11.3 Å². The Bertz CT molecular complexity index is 902. The number of carbonyl (C=O) groups excluding carboxylic acids is 1. The first-order valence-corrected chi connectivity index (χ1v) is 10.2. The number of aromatic amines is 1. The maximum atomic E-state index is 13.0. The number of likely N-dealkylation sites (N-methyl/N-ethyl adjacent to an activating group) is 1. The van der Waals surface area contributed by atoms with E-state index in [0.29, 0.717) is 13.1 Å². The molecule has 0 spiro atoms. The van der Waals surface area contributed by atoms with E-state index in [4.69, 9.17) is 0 Å². The number of H-pyrrole nitrogens is 1. The predicted octanol–water partition coefficient (Wildman–Crippen LogP) is 2.96. The summed E-state index contributed by atoms with van der Waals surface area (Å²) in [7, 11) is 0. The predicted molar refractivity (Wildman–Crippen MR) is 107 cm³/mol. The molecule has 0 radical (unpaired) electrons. The molecule has 4 rings (SSSR count). The number of amides is 1. The lowest BCUT2D eigenvalue weighted by Gasteiger charge is -2.32. The van der Waals surface area contributed by atoms with E-state index in [0.717, 1.165) is 52.9 Å². The molecule has 1 amide bonds. The van der Waals surface area contributed by atoms with Crippen LogP contribution in [0.5, 0.6) is 0 Å². The van der Waals surface area contributed by atoms with E-state index in [1.807, 2.05) is 38.1 Å². The molecule has 1 aliphatic rings. The maximum Gasteiger partial charge on any atom is 0.242 e. The maximum absolute atomic E-state index is 13.0. The van der Waals surface area contributed by atoms with Gasteiger partial charge >= 0.3 is 0 Å². The molecule has 1 fully saturated rings. The van der Waals surface area contributed by atoms with E-state index in [-0.39, 0.29) is 11.8 Å². The molecule has 8 heteroatoms. The molecular weight excluding hydrogens is 360 g/mol. The quantitative estimate of drug-likeness (QED) is 0.732. The Labute approximate surface area is 162 Å². The summed E-state index contributed by atoms with van der Waals surface area (Å²) in [6.07, 6.45) is 2.12. The van der Waals surface area contributed by atoms with E-state index in [9.17, 15) is 4.79 Å². The van der Waals surface area contributed by atoms with Gasteiger partial charge in [0.25, 0.3) is 0 Å². The van der Waals surface area contributed by atoms with Crippen LogP contribution in [-0.4, -0.2) is 57.2 Å². The zero-order valence-electron chi connectivity index (χ0n) is 15.7. The second-order valence-electron chi connectivity index (χ2n) is 6.96. The van der Waals surface area contributed by atoms with E-state index in [1.54, 1.807) is 16.2 Å². The number of hydrogen-bond acceptors (Lipinski definition) is 6. The Balaban J connectivity index is 1.45. The van der Waals surface area contributed by atoms with Crippen LogP contribution in [0.1, 0.15) is 37.3 Å². The van der Waals surface area contributed by atoms with Crippen LogP contribution in [0, 0.1) is 6.92 Å². The number of nitrogens with zero attached hydrogens (tertiary/aromatic N) is 5. The Kier molecular flexibility index (Phi) is 5.18. The summed E-state index contributed by atoms with van der Waals surface area (Å²) in [6.45, 7) is 6.69. The number of likely N-dealkylation sites (tertiary alicyclic amines) is 1. The SMILES string of the molecule is CCN(C(=O)CN1CCCC(c2n[nH]c(C)n2)C1)c1nc2ccccc2s1. The van der Waals surface area contributed by atoms with Gasteiger partial charge in [-0.25, -0.2) is 9.97 Å². The average molecular weight is 385 g/mol. The van der Waals surface area contributed by atoms with Crippen molar-refractivity contribution >= 4 is 32.6 Å². The number of carbonyl (C=O) groups is 1. The van der Waals surface area contributed by atoms with Gasteiger partial charge in [0.05, 0.1) is 16.8 Å². The zero-order valence-corrected chi connectivity index (χ0v) is 16.5. The molecule has 0 bridgehead atoms. The van der Waals surface area contributed by atoms with Crippen molar-refractivity contribution in [2.45, 2.75) is 32.6 Å². The van der Waals surface area contributed by atoms with Gasteiger partial charge in [-0.15, -0.1) is 0 Å². The highest BCUT2D eigenvalue weighted by Gasteiger charge is 2.27. The van der Waals surface area contributed by atoms with Crippen LogP contribution in [0.3, 0.4) is 0 Å². The highest BCUT2D eigenvalue weighted by atomic mass is 32.1. The fourth-order valence-corrected chi connectivity index (χ4v) is 4.67. The minimum absolute atomic E-state index is 0.100. The van der Waals surface area contributed by atoms with Gasteiger partial charge in [-0.2, -0.15) is 5.10 Å². The first-order valence-electron chi connectivity index (χ1n) is 9.41. The molecule has 1 atom stereocenters. The molecule has 7 nitrogen and oxygen atoms in total. The third-order valence-corrected chi connectivity index (χ3v) is 6.03. The minimum atomic E-state index is 0.100. The Morgan fingerprint density at radius 2 is 2.22 bits per heavy atom. The van der Waals surface area contributed by atoms with Gasteiger partial charge in [0.15, 0.2) is 11.0 Å². The molecule has 0 saturated carbocycles. The highest BCUT2D eigenvalue weighted by Crippen LogP contribution is 2.29. The van der Waals surface area contributed by atoms with Crippen molar-refractivity contribution in [3.63, 3.8) is 0 Å². The first kappa shape index (κ1) is 18.1. The number of hydrogen-bond donors (Lipinski definition) is 1. The van der Waals surface area contributed by atoms with Crippen LogP contribution in [0.2, 0.25) is 0 Å². The number of rotatable bonds is 5. The molecule has 2 aromatic heterocycles. The van der Waals surface area contributed by atoms with Gasteiger partial charge in [0.2, 0.25) is 5.91 Å². The van der Waals surface area contributed by atoms with Crippen molar-refractivity contribution in [1.29, 1.82) is 0 Å². The molecule has 1 N–H and O–H groups in total. The fraction of sp³-hybridized carbons (Fsp3) is 0.474. The summed E-state index contributed by atoms with van der Waals surface area (Å²) in [5, 5.41) is 8.01. The molecule has 142 valence electrons. The molecule has 1 aliphatic heterocycles. The number of aromatic nitrogens is 4. The highest BCUT2D eigenvalue weighted by molar-refractivity contribution is 7.22. The number of nitrogens with one attached hydrogen (secondary N) is 1. The zero-order chi connectivity index (χ0) is 18.8. The second-order valence-corrected chi connectivity index (χ2v) is 7.96. The molecular formula is C19H24N6OS. The number of thiazole rings is 1. The van der Waals surface area contributed by atoms with Crippen molar-refractivity contribution < 1.29 is 4.79 Å². The van der Waals surface area contributed by atoms with Gasteiger partial charge in [-0.1, -0.05) is 23.5 Å².